The largest absolute Gasteiger partial charge is 0.443 e. The van der Waals surface area contributed by atoms with Gasteiger partial charge < -0.3 is 25.8 Å². The molecular weight excluding hydrogens is 428 g/mol. The number of rotatable bonds is 7. The van der Waals surface area contributed by atoms with Crippen LogP contribution < -0.4 is 16.4 Å². The molecular formula is C23H36N4O4S. The van der Waals surface area contributed by atoms with Crippen LogP contribution in [0, 0.1) is 0 Å². The van der Waals surface area contributed by atoms with E-state index in [9.17, 15) is 9.59 Å². The number of amides is 2. The molecule has 178 valence electrons. The summed E-state index contributed by atoms with van der Waals surface area (Å²) in [6.45, 7) is 3.93. The molecule has 2 aliphatic rings. The minimum absolute atomic E-state index is 0. The van der Waals surface area contributed by atoms with Gasteiger partial charge >= 0.3 is 12.2 Å². The van der Waals surface area contributed by atoms with Gasteiger partial charge in [-0.2, -0.15) is 13.5 Å². The molecule has 0 saturated carbocycles. The Kier molecular flexibility index (Phi) is 12.2. The molecule has 8 nitrogen and oxygen atoms in total. The number of carbonyl (C=O) groups is 2. The van der Waals surface area contributed by atoms with Crippen molar-refractivity contribution in [2.24, 2.45) is 5.73 Å². The Labute approximate surface area is 198 Å². The maximum absolute atomic E-state index is 11.2. The van der Waals surface area contributed by atoms with E-state index < -0.39 is 0 Å². The van der Waals surface area contributed by atoms with Gasteiger partial charge in [0.05, 0.1) is 13.1 Å². The van der Waals surface area contributed by atoms with E-state index in [1.165, 1.54) is 11.1 Å². The lowest BCUT2D eigenvalue weighted by Gasteiger charge is -2.24. The lowest BCUT2D eigenvalue weighted by atomic mass is 10.1. The minimum Gasteiger partial charge on any atom is -0.443 e. The molecule has 0 aliphatic carbocycles. The van der Waals surface area contributed by atoms with Crippen LogP contribution in [-0.4, -0.2) is 55.5 Å². The van der Waals surface area contributed by atoms with E-state index >= 15 is 0 Å². The molecule has 0 spiro atoms. The van der Waals surface area contributed by atoms with Gasteiger partial charge in [0.15, 0.2) is 0 Å². The second-order valence-electron chi connectivity index (χ2n) is 7.19. The van der Waals surface area contributed by atoms with Crippen LogP contribution in [0.25, 0.3) is 0 Å². The molecule has 0 aromatic heterocycles. The van der Waals surface area contributed by atoms with Crippen LogP contribution >= 0.6 is 13.5 Å². The number of benzene rings is 2. The molecule has 2 fully saturated rings. The van der Waals surface area contributed by atoms with Crippen LogP contribution in [0.1, 0.15) is 20.0 Å². The van der Waals surface area contributed by atoms with Gasteiger partial charge in [-0.1, -0.05) is 68.1 Å². The summed E-state index contributed by atoms with van der Waals surface area (Å²) < 4.78 is 9.91. The van der Waals surface area contributed by atoms with Crippen LogP contribution in [0.2, 0.25) is 0 Å². The van der Waals surface area contributed by atoms with Gasteiger partial charge in [0.2, 0.25) is 0 Å². The average Bonchev–Trinajstić information content (AvgIpc) is 3.37. The molecule has 0 radical (unpaired) electrons. The second-order valence-corrected chi connectivity index (χ2v) is 7.19. The first-order valence-corrected chi connectivity index (χ1v) is 10.0. The fraction of sp³-hybridized carbons (Fsp3) is 0.391. The minimum atomic E-state index is -0.361. The summed E-state index contributed by atoms with van der Waals surface area (Å²) in [4.78, 5) is 23.7. The van der Waals surface area contributed by atoms with E-state index in [0.717, 1.165) is 19.6 Å². The fourth-order valence-electron chi connectivity index (χ4n) is 3.25. The Morgan fingerprint density at radius 1 is 0.844 bits per heavy atom. The number of nitrogens with one attached hydrogen (secondary N) is 2. The third-order valence-electron chi connectivity index (χ3n) is 4.72. The monoisotopic (exact) mass is 464 g/mol. The maximum Gasteiger partial charge on any atom is 0.407 e. The average molecular weight is 465 g/mol. The Balaban J connectivity index is 0.000000801. The summed E-state index contributed by atoms with van der Waals surface area (Å²) in [5.41, 5.74) is 7.70. The molecule has 9 heteroatoms. The quantitative estimate of drug-likeness (QED) is 0.582. The summed E-state index contributed by atoms with van der Waals surface area (Å²) >= 11 is 0. The van der Waals surface area contributed by atoms with Crippen LogP contribution in [0.5, 0.6) is 0 Å². The third kappa shape index (κ3) is 9.17. The van der Waals surface area contributed by atoms with Gasteiger partial charge in [0.25, 0.3) is 0 Å². The Bertz CT molecular complexity index is 775. The lowest BCUT2D eigenvalue weighted by Crippen LogP contribution is -2.33. The van der Waals surface area contributed by atoms with E-state index in [1.807, 2.05) is 36.4 Å². The number of hydrogen-bond donors (Lipinski definition) is 3. The number of nitrogens with two attached hydrogens (primary N) is 1. The topological polar surface area (TPSA) is 106 Å². The SMILES string of the molecule is C.NC[C@@H]1CNC(=O)O1.O=C1NC[C@@H](CN(Cc2ccccc2)Cc2ccccc2)O1.S.[HH]. The van der Waals surface area contributed by atoms with Gasteiger partial charge in [-0.3, -0.25) is 4.90 Å². The summed E-state index contributed by atoms with van der Waals surface area (Å²) in [5.74, 6) is 0. The van der Waals surface area contributed by atoms with Crippen molar-refractivity contribution in [2.75, 3.05) is 26.2 Å². The van der Waals surface area contributed by atoms with Gasteiger partial charge in [-0.15, -0.1) is 0 Å². The van der Waals surface area contributed by atoms with Crippen molar-refractivity contribution in [3.63, 3.8) is 0 Å². The Morgan fingerprint density at radius 3 is 1.62 bits per heavy atom. The smallest absolute Gasteiger partial charge is 0.407 e. The number of cyclic esters (lactones) is 2. The van der Waals surface area contributed by atoms with Gasteiger partial charge in [-0.25, -0.2) is 9.59 Å². The summed E-state index contributed by atoms with van der Waals surface area (Å²) in [5, 5.41) is 5.19. The predicted octanol–water partition coefficient (Wildman–Crippen LogP) is 2.85. The van der Waals surface area contributed by atoms with Crippen LogP contribution in [0.15, 0.2) is 60.7 Å². The molecule has 4 N–H and O–H groups in total. The number of nitrogens with zero attached hydrogens (tertiary/aromatic N) is 1. The summed E-state index contributed by atoms with van der Waals surface area (Å²) in [6, 6.07) is 20.7. The predicted molar refractivity (Wildman–Crippen MR) is 132 cm³/mol. The second kappa shape index (κ2) is 14.3. The Hall–Kier alpha value is -2.75. The van der Waals surface area contributed by atoms with Crippen LogP contribution in [0.4, 0.5) is 9.59 Å². The van der Waals surface area contributed by atoms with E-state index in [0.29, 0.717) is 19.6 Å². The molecule has 2 atom stereocenters. The number of alkyl carbamates (subject to hydrolysis) is 2. The first-order valence-electron chi connectivity index (χ1n) is 10.0. The zero-order chi connectivity index (χ0) is 21.2. The number of carbonyl (C=O) groups excluding carboxylic acids is 2. The van der Waals surface area contributed by atoms with Crippen molar-refractivity contribution in [3.05, 3.63) is 71.8 Å². The molecule has 2 amide bonds. The first kappa shape index (κ1) is 27.3. The van der Waals surface area contributed by atoms with Crippen molar-refractivity contribution < 1.29 is 20.5 Å². The molecule has 2 aliphatic heterocycles. The highest BCUT2D eigenvalue weighted by atomic mass is 32.1. The maximum atomic E-state index is 11.2. The highest BCUT2D eigenvalue weighted by molar-refractivity contribution is 7.59. The molecule has 0 unspecified atom stereocenters. The fourth-order valence-corrected chi connectivity index (χ4v) is 3.25. The van der Waals surface area contributed by atoms with Crippen molar-refractivity contribution in [1.29, 1.82) is 0 Å². The zero-order valence-electron chi connectivity index (χ0n) is 17.3. The van der Waals surface area contributed by atoms with Crippen molar-refractivity contribution in [1.82, 2.24) is 15.5 Å². The zero-order valence-corrected chi connectivity index (χ0v) is 18.3. The highest BCUT2D eigenvalue weighted by Crippen LogP contribution is 2.13. The summed E-state index contributed by atoms with van der Waals surface area (Å²) in [6.07, 6.45) is -0.868. The van der Waals surface area contributed by atoms with E-state index in [4.69, 9.17) is 10.5 Å². The highest BCUT2D eigenvalue weighted by Gasteiger charge is 2.25. The lowest BCUT2D eigenvalue weighted by molar-refractivity contribution is 0.103. The Morgan fingerprint density at radius 2 is 1.28 bits per heavy atom. The van der Waals surface area contributed by atoms with Crippen molar-refractivity contribution >= 4 is 25.7 Å². The van der Waals surface area contributed by atoms with E-state index in [-0.39, 0.29) is 46.7 Å². The van der Waals surface area contributed by atoms with Gasteiger partial charge in [-0.05, 0) is 11.1 Å². The van der Waals surface area contributed by atoms with Gasteiger partial charge in [0, 0.05) is 27.6 Å². The number of hydrogen-bond acceptors (Lipinski definition) is 6. The van der Waals surface area contributed by atoms with E-state index in [2.05, 4.69) is 44.5 Å². The summed E-state index contributed by atoms with van der Waals surface area (Å²) in [7, 11) is 0. The van der Waals surface area contributed by atoms with Crippen molar-refractivity contribution in [3.8, 4) is 0 Å². The van der Waals surface area contributed by atoms with Crippen LogP contribution in [0.3, 0.4) is 0 Å². The third-order valence-corrected chi connectivity index (χ3v) is 4.72. The normalized spacial score (nSPS) is 18.7. The molecule has 0 bridgehead atoms. The molecule has 2 heterocycles. The number of ether oxygens (including phenoxy) is 2. The molecule has 4 rings (SSSR count). The molecule has 2 aromatic rings. The van der Waals surface area contributed by atoms with Crippen LogP contribution in [-0.2, 0) is 22.6 Å². The van der Waals surface area contributed by atoms with E-state index in [1.54, 1.807) is 0 Å². The molecule has 2 aromatic carbocycles. The first-order chi connectivity index (χ1) is 14.6. The van der Waals surface area contributed by atoms with Crippen molar-refractivity contribution in [2.45, 2.75) is 32.7 Å². The van der Waals surface area contributed by atoms with Gasteiger partial charge in [0.1, 0.15) is 12.2 Å². The molecule has 2 saturated heterocycles. The standard InChI is InChI=1S/C18H20N2O2.C4H8N2O2.CH4.H2S.H2/c21-18-19-11-17(22-18)14-20(12-15-7-3-1-4-8-15)13-16-9-5-2-6-10-16;5-1-3-2-6-4(7)8-3;;;/h1-10,17H,11-14H2,(H,19,21);3H,1-2,5H2,(H,6,7);1H4;1H2;1H/t17-;3-;;;/m01.../s1. The molecule has 32 heavy (non-hydrogen) atoms.